The highest BCUT2D eigenvalue weighted by atomic mass is 16.6. The van der Waals surface area contributed by atoms with Crippen LogP contribution in [0.15, 0.2) is 30.6 Å². The lowest BCUT2D eigenvalue weighted by molar-refractivity contribution is -0.394. The number of rotatable bonds is 5. The molecule has 128 valence electrons. The van der Waals surface area contributed by atoms with E-state index in [1.165, 1.54) is 16.6 Å². The van der Waals surface area contributed by atoms with Crippen LogP contribution in [0, 0.1) is 10.1 Å². The molecule has 0 atom stereocenters. The third kappa shape index (κ3) is 4.37. The summed E-state index contributed by atoms with van der Waals surface area (Å²) in [6, 6.07) is 8.14. The number of carbonyl (C=O) groups excluding carboxylic acids is 1. The number of likely N-dealkylation sites (N-methyl/N-ethyl adjacent to an activating group) is 1. The molecule has 1 amide bonds. The first-order valence-corrected chi connectivity index (χ1v) is 7.54. The first-order valence-electron chi connectivity index (χ1n) is 7.54. The van der Waals surface area contributed by atoms with E-state index in [0.29, 0.717) is 6.54 Å². The van der Waals surface area contributed by atoms with Crippen molar-refractivity contribution in [3.05, 3.63) is 51.8 Å². The van der Waals surface area contributed by atoms with E-state index in [1.807, 2.05) is 12.1 Å². The Labute approximate surface area is 140 Å². The number of hydrogen-bond donors (Lipinski definition) is 0. The Kier molecular flexibility index (Phi) is 4.96. The van der Waals surface area contributed by atoms with Gasteiger partial charge < -0.3 is 15.0 Å². The topological polar surface area (TPSA) is 94.2 Å². The summed E-state index contributed by atoms with van der Waals surface area (Å²) >= 11 is 0. The zero-order chi connectivity index (χ0) is 17.9. The van der Waals surface area contributed by atoms with Gasteiger partial charge in [-0.1, -0.05) is 50.0 Å². The second-order valence-electron chi connectivity index (χ2n) is 6.70. The average Bonchev–Trinajstić information content (AvgIpc) is 2.95. The lowest BCUT2D eigenvalue weighted by Crippen LogP contribution is -2.30. The molecule has 1 aromatic carbocycles. The molecule has 0 N–H and O–H groups in total. The van der Waals surface area contributed by atoms with Crippen molar-refractivity contribution in [3.63, 3.8) is 0 Å². The van der Waals surface area contributed by atoms with Gasteiger partial charge in [0.25, 0.3) is 0 Å². The maximum atomic E-state index is 12.2. The summed E-state index contributed by atoms with van der Waals surface area (Å²) in [5.74, 6) is -0.710. The minimum absolute atomic E-state index is 0.0854. The molecule has 0 radical (unpaired) electrons. The Morgan fingerprint density at radius 3 is 2.42 bits per heavy atom. The van der Waals surface area contributed by atoms with Crippen molar-refractivity contribution in [1.82, 2.24) is 19.7 Å². The van der Waals surface area contributed by atoms with E-state index in [2.05, 4.69) is 43.0 Å². The molecule has 0 bridgehead atoms. The Balaban J connectivity index is 1.96. The fourth-order valence-electron chi connectivity index (χ4n) is 2.18. The van der Waals surface area contributed by atoms with Gasteiger partial charge >= 0.3 is 5.95 Å². The minimum Gasteiger partial charge on any atom is -0.390 e. The molecular formula is C16H21N5O3. The molecule has 2 aromatic rings. The van der Waals surface area contributed by atoms with Crippen LogP contribution in [0.3, 0.4) is 0 Å². The van der Waals surface area contributed by atoms with Crippen LogP contribution in [-0.4, -0.2) is 37.5 Å². The second-order valence-corrected chi connectivity index (χ2v) is 6.70. The molecule has 0 fully saturated rings. The van der Waals surface area contributed by atoms with Crippen LogP contribution in [-0.2, 0) is 23.3 Å². The number of nitro groups is 1. The SMILES string of the molecule is CN(Cc1ccc(C(C)(C)C)cc1)C(=O)Cn1cnc([N+](=O)[O-])n1. The molecule has 0 saturated heterocycles. The fraction of sp³-hybridized carbons (Fsp3) is 0.438. The summed E-state index contributed by atoms with van der Waals surface area (Å²) in [6.07, 6.45) is 1.18. The van der Waals surface area contributed by atoms with Gasteiger partial charge in [-0.2, -0.15) is 4.68 Å². The summed E-state index contributed by atoms with van der Waals surface area (Å²) in [6.45, 7) is 6.82. The summed E-state index contributed by atoms with van der Waals surface area (Å²) in [5.41, 5.74) is 2.33. The third-order valence-corrected chi connectivity index (χ3v) is 3.65. The molecule has 0 unspecified atom stereocenters. The zero-order valence-corrected chi connectivity index (χ0v) is 14.3. The van der Waals surface area contributed by atoms with E-state index in [0.717, 1.165) is 5.56 Å². The summed E-state index contributed by atoms with van der Waals surface area (Å²) < 4.78 is 1.17. The highest BCUT2D eigenvalue weighted by Crippen LogP contribution is 2.22. The van der Waals surface area contributed by atoms with Crippen molar-refractivity contribution >= 4 is 11.9 Å². The van der Waals surface area contributed by atoms with Crippen LogP contribution in [0.2, 0.25) is 0 Å². The predicted molar refractivity (Wildman–Crippen MR) is 88.3 cm³/mol. The molecule has 0 aliphatic carbocycles. The van der Waals surface area contributed by atoms with Crippen molar-refractivity contribution < 1.29 is 9.72 Å². The first-order chi connectivity index (χ1) is 11.2. The van der Waals surface area contributed by atoms with Crippen LogP contribution in [0.1, 0.15) is 31.9 Å². The molecule has 24 heavy (non-hydrogen) atoms. The van der Waals surface area contributed by atoms with E-state index < -0.39 is 10.9 Å². The molecule has 1 heterocycles. The smallest absolute Gasteiger partial charge is 0.390 e. The highest BCUT2D eigenvalue weighted by molar-refractivity contribution is 5.75. The fourth-order valence-corrected chi connectivity index (χ4v) is 2.18. The van der Waals surface area contributed by atoms with E-state index in [1.54, 1.807) is 11.9 Å². The number of carbonyl (C=O) groups is 1. The Morgan fingerprint density at radius 1 is 1.29 bits per heavy atom. The second kappa shape index (κ2) is 6.77. The van der Waals surface area contributed by atoms with Crippen LogP contribution < -0.4 is 0 Å². The van der Waals surface area contributed by atoms with Crippen molar-refractivity contribution in [2.75, 3.05) is 7.05 Å². The molecule has 1 aromatic heterocycles. The van der Waals surface area contributed by atoms with Crippen LogP contribution in [0.25, 0.3) is 0 Å². The van der Waals surface area contributed by atoms with Crippen LogP contribution in [0.5, 0.6) is 0 Å². The lowest BCUT2D eigenvalue weighted by Gasteiger charge is -2.20. The van der Waals surface area contributed by atoms with E-state index in [-0.39, 0.29) is 17.9 Å². The Hall–Kier alpha value is -2.77. The monoisotopic (exact) mass is 331 g/mol. The average molecular weight is 331 g/mol. The summed E-state index contributed by atoms with van der Waals surface area (Å²) in [5, 5.41) is 14.2. The third-order valence-electron chi connectivity index (χ3n) is 3.65. The quantitative estimate of drug-likeness (QED) is 0.618. The number of amides is 1. The number of aromatic nitrogens is 3. The van der Waals surface area contributed by atoms with Crippen molar-refractivity contribution in [1.29, 1.82) is 0 Å². The number of hydrogen-bond acceptors (Lipinski definition) is 5. The Morgan fingerprint density at radius 2 is 1.92 bits per heavy atom. The van der Waals surface area contributed by atoms with Crippen molar-refractivity contribution in [2.45, 2.75) is 39.3 Å². The number of benzene rings is 1. The first kappa shape index (κ1) is 17.6. The van der Waals surface area contributed by atoms with Gasteiger partial charge in [-0.3, -0.25) is 4.79 Å². The lowest BCUT2D eigenvalue weighted by atomic mass is 9.87. The van der Waals surface area contributed by atoms with Gasteiger partial charge in [0.2, 0.25) is 12.2 Å². The molecule has 0 aliphatic heterocycles. The largest absolute Gasteiger partial charge is 0.490 e. The zero-order valence-electron chi connectivity index (χ0n) is 14.3. The van der Waals surface area contributed by atoms with Crippen molar-refractivity contribution in [2.24, 2.45) is 0 Å². The standard InChI is InChI=1S/C16H21N5O3/c1-16(2,3)13-7-5-12(6-8-13)9-19(4)14(22)10-20-11-17-15(18-20)21(23)24/h5-8,11H,9-10H2,1-4H3. The van der Waals surface area contributed by atoms with Crippen LogP contribution >= 0.6 is 0 Å². The van der Waals surface area contributed by atoms with E-state index in [9.17, 15) is 14.9 Å². The molecule has 0 saturated carbocycles. The normalized spacial score (nSPS) is 11.3. The molecule has 0 aliphatic rings. The number of nitrogens with zero attached hydrogens (tertiary/aromatic N) is 5. The maximum absolute atomic E-state index is 12.2. The van der Waals surface area contributed by atoms with Gasteiger partial charge in [-0.05, 0) is 21.5 Å². The van der Waals surface area contributed by atoms with E-state index in [4.69, 9.17) is 0 Å². The minimum atomic E-state index is -0.693. The van der Waals surface area contributed by atoms with Crippen molar-refractivity contribution in [3.8, 4) is 0 Å². The predicted octanol–water partition coefficient (Wildman–Crippen LogP) is 2.14. The van der Waals surface area contributed by atoms with E-state index >= 15 is 0 Å². The molecular weight excluding hydrogens is 310 g/mol. The van der Waals surface area contributed by atoms with Gasteiger partial charge in [0.1, 0.15) is 6.54 Å². The van der Waals surface area contributed by atoms with Crippen LogP contribution in [0.4, 0.5) is 5.95 Å². The molecule has 0 spiro atoms. The van der Waals surface area contributed by atoms with Gasteiger partial charge in [0.05, 0.1) is 0 Å². The molecule has 8 heteroatoms. The molecule has 2 rings (SSSR count). The molecule has 8 nitrogen and oxygen atoms in total. The van der Waals surface area contributed by atoms with Gasteiger partial charge in [-0.25, -0.2) is 0 Å². The van der Waals surface area contributed by atoms with Gasteiger partial charge in [0.15, 0.2) is 0 Å². The van der Waals surface area contributed by atoms with Gasteiger partial charge in [-0.15, -0.1) is 0 Å². The summed E-state index contributed by atoms with van der Waals surface area (Å²) in [4.78, 5) is 27.1. The van der Waals surface area contributed by atoms with Gasteiger partial charge in [0, 0.05) is 18.7 Å². The Bertz CT molecular complexity index is 731. The highest BCUT2D eigenvalue weighted by Gasteiger charge is 2.18. The maximum Gasteiger partial charge on any atom is 0.490 e. The summed E-state index contributed by atoms with van der Waals surface area (Å²) in [7, 11) is 1.69.